The lowest BCUT2D eigenvalue weighted by molar-refractivity contribution is -0.127. The third kappa shape index (κ3) is 3.68. The van der Waals surface area contributed by atoms with Crippen molar-refractivity contribution in [2.75, 3.05) is 5.32 Å². The van der Waals surface area contributed by atoms with Gasteiger partial charge in [0.1, 0.15) is 0 Å². The van der Waals surface area contributed by atoms with Crippen LogP contribution in [-0.4, -0.2) is 16.8 Å². The topological polar surface area (TPSA) is 58.2 Å². The van der Waals surface area contributed by atoms with E-state index in [0.717, 1.165) is 23.4 Å². The lowest BCUT2D eigenvalue weighted by Crippen LogP contribution is -2.48. The number of benzene rings is 1. The van der Waals surface area contributed by atoms with Gasteiger partial charge in [0.2, 0.25) is 5.91 Å². The van der Waals surface area contributed by atoms with E-state index in [4.69, 9.17) is 12.2 Å². The number of thiocarbonyl (C=S) groups is 1. The maximum Gasteiger partial charge on any atom is 0.226 e. The normalized spacial score (nSPS) is 31.5. The summed E-state index contributed by atoms with van der Waals surface area (Å²) in [6.45, 7) is 1.54. The molecular weight excluding hydrogens is 344 g/mol. The summed E-state index contributed by atoms with van der Waals surface area (Å²) in [6.07, 6.45) is 8.42. The fraction of sp³-hybridized carbons (Fsp3) is 0.571. The number of hydrogen-bond donors (Lipinski definition) is 2. The number of rotatable bonds is 4. The molecule has 26 heavy (non-hydrogen) atoms. The van der Waals surface area contributed by atoms with Gasteiger partial charge in [0.05, 0.1) is 0 Å². The van der Waals surface area contributed by atoms with Crippen LogP contribution in [0.1, 0.15) is 62.2 Å². The van der Waals surface area contributed by atoms with E-state index in [-0.39, 0.29) is 17.1 Å². The van der Waals surface area contributed by atoms with Gasteiger partial charge in [-0.3, -0.25) is 9.59 Å². The maximum absolute atomic E-state index is 12.6. The Hall–Kier alpha value is -1.75. The predicted molar refractivity (Wildman–Crippen MR) is 106 cm³/mol. The van der Waals surface area contributed by atoms with E-state index < -0.39 is 0 Å². The Kier molecular flexibility index (Phi) is 4.59. The van der Waals surface area contributed by atoms with E-state index in [9.17, 15) is 9.59 Å². The number of anilines is 1. The molecule has 4 bridgehead atoms. The lowest BCUT2D eigenvalue weighted by Gasteiger charge is -2.56. The summed E-state index contributed by atoms with van der Waals surface area (Å²) in [5.74, 6) is 2.60. The smallest absolute Gasteiger partial charge is 0.226 e. The molecule has 1 aromatic carbocycles. The van der Waals surface area contributed by atoms with Crippen molar-refractivity contribution in [2.45, 2.75) is 51.9 Å². The van der Waals surface area contributed by atoms with Gasteiger partial charge in [0.25, 0.3) is 0 Å². The molecule has 4 saturated carbocycles. The van der Waals surface area contributed by atoms with E-state index >= 15 is 0 Å². The summed E-state index contributed by atoms with van der Waals surface area (Å²) in [5, 5.41) is 6.22. The summed E-state index contributed by atoms with van der Waals surface area (Å²) in [7, 11) is 0. The fourth-order valence-electron chi connectivity index (χ4n) is 5.97. The molecule has 0 aliphatic heterocycles. The van der Waals surface area contributed by atoms with Crippen LogP contribution in [0, 0.1) is 23.2 Å². The Morgan fingerprint density at radius 1 is 1.04 bits per heavy atom. The highest BCUT2D eigenvalue weighted by Gasteiger charge is 2.51. The van der Waals surface area contributed by atoms with Crippen molar-refractivity contribution in [1.82, 2.24) is 5.32 Å². The van der Waals surface area contributed by atoms with Gasteiger partial charge in [-0.2, -0.15) is 0 Å². The summed E-state index contributed by atoms with van der Waals surface area (Å²) < 4.78 is 0. The average molecular weight is 371 g/mol. The monoisotopic (exact) mass is 370 g/mol. The van der Waals surface area contributed by atoms with Crippen LogP contribution >= 0.6 is 12.2 Å². The second-order valence-electron chi connectivity index (χ2n) is 8.73. The second-order valence-corrected chi connectivity index (χ2v) is 9.14. The van der Waals surface area contributed by atoms with Gasteiger partial charge in [-0.25, -0.2) is 0 Å². The molecule has 1 amide bonds. The summed E-state index contributed by atoms with van der Waals surface area (Å²) in [5.41, 5.74) is 1.65. The average Bonchev–Trinajstić information content (AvgIpc) is 2.53. The standard InChI is InChI=1S/C21H26N2O2S/c1-13(24)17-2-4-18(5-3-17)22-20(26)23-19(25)12-21-9-14-6-15(10-21)8-16(7-14)11-21/h2-5,14-16H,6-12H2,1H3,(H2,22,23,25,26). The van der Waals surface area contributed by atoms with Crippen LogP contribution in [0.4, 0.5) is 5.69 Å². The molecule has 0 atom stereocenters. The first kappa shape index (κ1) is 17.7. The maximum atomic E-state index is 12.6. The Labute approximate surface area is 160 Å². The highest BCUT2D eigenvalue weighted by Crippen LogP contribution is 2.61. The van der Waals surface area contributed by atoms with Crippen LogP contribution in [0.3, 0.4) is 0 Å². The zero-order chi connectivity index (χ0) is 18.3. The van der Waals surface area contributed by atoms with Gasteiger partial charge in [-0.1, -0.05) is 0 Å². The van der Waals surface area contributed by atoms with Crippen molar-refractivity contribution >= 4 is 34.7 Å². The number of amides is 1. The number of carbonyl (C=O) groups excluding carboxylic acids is 2. The predicted octanol–water partition coefficient (Wildman–Crippen LogP) is 4.31. The minimum atomic E-state index is 0.0306. The van der Waals surface area contributed by atoms with Crippen LogP contribution in [0.5, 0.6) is 0 Å². The summed E-state index contributed by atoms with van der Waals surface area (Å²) in [4.78, 5) is 23.9. The van der Waals surface area contributed by atoms with Gasteiger partial charge in [-0.15, -0.1) is 0 Å². The highest BCUT2D eigenvalue weighted by atomic mass is 32.1. The Morgan fingerprint density at radius 2 is 1.58 bits per heavy atom. The molecule has 2 N–H and O–H groups in total. The lowest BCUT2D eigenvalue weighted by atomic mass is 9.49. The number of ketones is 1. The van der Waals surface area contributed by atoms with Crippen LogP contribution in [-0.2, 0) is 4.79 Å². The fourth-order valence-corrected chi connectivity index (χ4v) is 6.20. The van der Waals surface area contributed by atoms with Crippen molar-refractivity contribution in [2.24, 2.45) is 23.2 Å². The van der Waals surface area contributed by atoms with Crippen LogP contribution in [0.15, 0.2) is 24.3 Å². The summed E-state index contributed by atoms with van der Waals surface area (Å²) >= 11 is 5.30. The molecule has 0 heterocycles. The van der Waals surface area contributed by atoms with E-state index in [1.54, 1.807) is 24.3 Å². The number of Topliss-reactive ketones (excluding diaryl/α,β-unsaturated/α-hetero) is 1. The summed E-state index contributed by atoms with van der Waals surface area (Å²) in [6, 6.07) is 7.11. The molecule has 4 fully saturated rings. The minimum Gasteiger partial charge on any atom is -0.332 e. The van der Waals surface area contributed by atoms with E-state index in [2.05, 4.69) is 10.6 Å². The van der Waals surface area contributed by atoms with Crippen LogP contribution in [0.25, 0.3) is 0 Å². The minimum absolute atomic E-state index is 0.0306. The van der Waals surface area contributed by atoms with Gasteiger partial charge in [0, 0.05) is 17.7 Å². The van der Waals surface area contributed by atoms with Gasteiger partial charge in [-0.05, 0) is 105 Å². The highest BCUT2D eigenvalue weighted by molar-refractivity contribution is 7.80. The van der Waals surface area contributed by atoms with E-state index in [1.165, 1.54) is 45.4 Å². The molecule has 5 heteroatoms. The molecule has 1 aromatic rings. The molecule has 0 saturated heterocycles. The van der Waals surface area contributed by atoms with Crippen molar-refractivity contribution < 1.29 is 9.59 Å². The molecule has 5 rings (SSSR count). The molecule has 0 unspecified atom stereocenters. The van der Waals surface area contributed by atoms with Crippen molar-refractivity contribution in [3.8, 4) is 0 Å². The Bertz CT molecular complexity index is 706. The molecule has 4 aliphatic rings. The SMILES string of the molecule is CC(=O)c1ccc(NC(=S)NC(=O)CC23CC4CC(CC(C4)C2)C3)cc1. The Balaban J connectivity index is 1.32. The van der Waals surface area contributed by atoms with Gasteiger partial charge < -0.3 is 10.6 Å². The quantitative estimate of drug-likeness (QED) is 0.612. The first-order valence-corrected chi connectivity index (χ1v) is 10.0. The molecule has 0 spiro atoms. The van der Waals surface area contributed by atoms with Crippen LogP contribution in [0.2, 0.25) is 0 Å². The van der Waals surface area contributed by atoms with Gasteiger partial charge in [0.15, 0.2) is 10.9 Å². The third-order valence-electron chi connectivity index (χ3n) is 6.50. The second kappa shape index (κ2) is 6.76. The van der Waals surface area contributed by atoms with Crippen molar-refractivity contribution in [3.05, 3.63) is 29.8 Å². The first-order valence-electron chi connectivity index (χ1n) is 9.63. The largest absolute Gasteiger partial charge is 0.332 e. The van der Waals surface area contributed by atoms with Crippen molar-refractivity contribution in [1.29, 1.82) is 0 Å². The van der Waals surface area contributed by atoms with E-state index in [1.807, 2.05) is 0 Å². The zero-order valence-corrected chi connectivity index (χ0v) is 16.0. The van der Waals surface area contributed by atoms with Gasteiger partial charge >= 0.3 is 0 Å². The van der Waals surface area contributed by atoms with Crippen molar-refractivity contribution in [3.63, 3.8) is 0 Å². The zero-order valence-electron chi connectivity index (χ0n) is 15.2. The molecule has 4 aliphatic carbocycles. The molecule has 0 radical (unpaired) electrons. The molecule has 4 nitrogen and oxygen atoms in total. The van der Waals surface area contributed by atoms with Crippen LogP contribution < -0.4 is 10.6 Å². The number of hydrogen-bond acceptors (Lipinski definition) is 3. The number of nitrogens with one attached hydrogen (secondary N) is 2. The molecule has 0 aromatic heterocycles. The first-order chi connectivity index (χ1) is 12.4. The number of carbonyl (C=O) groups is 2. The third-order valence-corrected chi connectivity index (χ3v) is 6.71. The molecule has 138 valence electrons. The molecular formula is C21H26N2O2S. The van der Waals surface area contributed by atoms with E-state index in [0.29, 0.717) is 17.1 Å². The Morgan fingerprint density at radius 3 is 2.08 bits per heavy atom.